The molecule has 3 heterocycles. The number of anilines is 1. The molecular formula is C14H18ClN5. The standard InChI is InChI=1S/C14H18ClN5/c1-9-12(15)5-6-13(16-9)20-7-3-4-11(8-20)14-17-10(2)18-19-14/h5-6,11H,3-4,7-8H2,1-2H3,(H,17,18,19). The second kappa shape index (κ2) is 5.40. The third-order valence-electron chi connectivity index (χ3n) is 3.73. The molecule has 0 aromatic carbocycles. The molecule has 1 fully saturated rings. The van der Waals surface area contributed by atoms with Crippen molar-refractivity contribution in [2.45, 2.75) is 32.6 Å². The van der Waals surface area contributed by atoms with E-state index in [0.29, 0.717) is 10.9 Å². The summed E-state index contributed by atoms with van der Waals surface area (Å²) in [6.45, 7) is 5.80. The Bertz CT molecular complexity index is 609. The number of aryl methyl sites for hydroxylation is 2. The van der Waals surface area contributed by atoms with E-state index in [1.54, 1.807) is 0 Å². The SMILES string of the molecule is Cc1nc(C2CCCN(c3ccc(Cl)c(C)n3)C2)n[nH]1. The normalized spacial score (nSPS) is 19.4. The monoisotopic (exact) mass is 291 g/mol. The highest BCUT2D eigenvalue weighted by Crippen LogP contribution is 2.28. The van der Waals surface area contributed by atoms with Crippen molar-refractivity contribution < 1.29 is 0 Å². The van der Waals surface area contributed by atoms with Crippen molar-refractivity contribution in [3.8, 4) is 0 Å². The minimum Gasteiger partial charge on any atom is -0.356 e. The van der Waals surface area contributed by atoms with Crippen LogP contribution < -0.4 is 4.90 Å². The van der Waals surface area contributed by atoms with E-state index >= 15 is 0 Å². The Morgan fingerprint density at radius 2 is 2.15 bits per heavy atom. The molecule has 2 aromatic rings. The first-order valence-electron chi connectivity index (χ1n) is 6.90. The fourth-order valence-corrected chi connectivity index (χ4v) is 2.75. The molecule has 1 unspecified atom stereocenters. The first-order chi connectivity index (χ1) is 9.63. The van der Waals surface area contributed by atoms with Crippen LogP contribution in [0.5, 0.6) is 0 Å². The van der Waals surface area contributed by atoms with Gasteiger partial charge in [0.05, 0.1) is 10.7 Å². The van der Waals surface area contributed by atoms with Crippen molar-refractivity contribution >= 4 is 17.4 Å². The Labute approximate surface area is 123 Å². The quantitative estimate of drug-likeness (QED) is 0.924. The van der Waals surface area contributed by atoms with Gasteiger partial charge in [0.25, 0.3) is 0 Å². The molecule has 1 aliphatic rings. The number of rotatable bonds is 2. The van der Waals surface area contributed by atoms with E-state index in [9.17, 15) is 0 Å². The van der Waals surface area contributed by atoms with Crippen LogP contribution in [0.3, 0.4) is 0 Å². The summed E-state index contributed by atoms with van der Waals surface area (Å²) in [5, 5.41) is 7.93. The van der Waals surface area contributed by atoms with E-state index in [1.165, 1.54) is 0 Å². The molecule has 0 aliphatic carbocycles. The van der Waals surface area contributed by atoms with Gasteiger partial charge in [-0.1, -0.05) is 11.6 Å². The van der Waals surface area contributed by atoms with E-state index < -0.39 is 0 Å². The maximum Gasteiger partial charge on any atom is 0.155 e. The van der Waals surface area contributed by atoms with Crippen LogP contribution in [0.25, 0.3) is 0 Å². The number of hydrogen-bond donors (Lipinski definition) is 1. The highest BCUT2D eigenvalue weighted by Gasteiger charge is 2.25. The van der Waals surface area contributed by atoms with Gasteiger partial charge >= 0.3 is 0 Å². The van der Waals surface area contributed by atoms with Gasteiger partial charge in [0, 0.05) is 19.0 Å². The van der Waals surface area contributed by atoms with Crippen LogP contribution in [0.4, 0.5) is 5.82 Å². The van der Waals surface area contributed by atoms with Crippen LogP contribution >= 0.6 is 11.6 Å². The number of piperidine rings is 1. The fraction of sp³-hybridized carbons (Fsp3) is 0.500. The van der Waals surface area contributed by atoms with Crippen LogP contribution in [0, 0.1) is 13.8 Å². The maximum atomic E-state index is 6.04. The van der Waals surface area contributed by atoms with Crippen molar-refractivity contribution in [2.75, 3.05) is 18.0 Å². The summed E-state index contributed by atoms with van der Waals surface area (Å²) in [5.74, 6) is 3.14. The Kier molecular flexibility index (Phi) is 3.61. The summed E-state index contributed by atoms with van der Waals surface area (Å²) in [6, 6.07) is 3.90. The van der Waals surface area contributed by atoms with E-state index in [0.717, 1.165) is 49.1 Å². The van der Waals surface area contributed by atoms with Gasteiger partial charge in [-0.05, 0) is 38.8 Å². The maximum absolute atomic E-state index is 6.04. The van der Waals surface area contributed by atoms with Crippen molar-refractivity contribution in [3.05, 3.63) is 34.5 Å². The van der Waals surface area contributed by atoms with E-state index in [1.807, 2.05) is 26.0 Å². The molecule has 0 saturated carbocycles. The lowest BCUT2D eigenvalue weighted by Crippen LogP contribution is -2.35. The Morgan fingerprint density at radius 3 is 2.85 bits per heavy atom. The first kappa shape index (κ1) is 13.4. The average Bonchev–Trinajstić information content (AvgIpc) is 2.89. The van der Waals surface area contributed by atoms with E-state index in [4.69, 9.17) is 11.6 Å². The van der Waals surface area contributed by atoms with Crippen molar-refractivity contribution in [3.63, 3.8) is 0 Å². The summed E-state index contributed by atoms with van der Waals surface area (Å²) in [6.07, 6.45) is 2.25. The molecule has 1 N–H and O–H groups in total. The number of pyridine rings is 1. The number of nitrogens with one attached hydrogen (secondary N) is 1. The molecule has 1 saturated heterocycles. The van der Waals surface area contributed by atoms with Gasteiger partial charge in [-0.25, -0.2) is 9.97 Å². The number of halogens is 1. The first-order valence-corrected chi connectivity index (χ1v) is 7.28. The molecule has 3 rings (SSSR count). The van der Waals surface area contributed by atoms with Gasteiger partial charge in [0.2, 0.25) is 0 Å². The number of aromatic amines is 1. The molecule has 0 spiro atoms. The Hall–Kier alpha value is -1.62. The van der Waals surface area contributed by atoms with Crippen LogP contribution in [0.1, 0.15) is 36.1 Å². The number of nitrogens with zero attached hydrogens (tertiary/aromatic N) is 4. The van der Waals surface area contributed by atoms with E-state index in [-0.39, 0.29) is 0 Å². The number of H-pyrrole nitrogens is 1. The lowest BCUT2D eigenvalue weighted by Gasteiger charge is -2.32. The number of hydrogen-bond acceptors (Lipinski definition) is 4. The van der Waals surface area contributed by atoms with Gasteiger partial charge < -0.3 is 4.90 Å². The zero-order valence-corrected chi connectivity index (χ0v) is 12.5. The third-order valence-corrected chi connectivity index (χ3v) is 4.13. The molecular weight excluding hydrogens is 274 g/mol. The molecule has 1 aliphatic heterocycles. The molecule has 0 bridgehead atoms. The van der Waals surface area contributed by atoms with Crippen LogP contribution in [0.15, 0.2) is 12.1 Å². The Morgan fingerprint density at radius 1 is 1.30 bits per heavy atom. The molecule has 20 heavy (non-hydrogen) atoms. The van der Waals surface area contributed by atoms with Gasteiger partial charge in [0.1, 0.15) is 11.6 Å². The predicted octanol–water partition coefficient (Wildman–Crippen LogP) is 2.85. The largest absolute Gasteiger partial charge is 0.356 e. The summed E-state index contributed by atoms with van der Waals surface area (Å²) in [4.78, 5) is 11.3. The second-order valence-corrected chi connectivity index (χ2v) is 5.71. The fourth-order valence-electron chi connectivity index (χ4n) is 2.65. The summed E-state index contributed by atoms with van der Waals surface area (Å²) < 4.78 is 0. The molecule has 0 amide bonds. The van der Waals surface area contributed by atoms with Crippen molar-refractivity contribution in [1.82, 2.24) is 20.2 Å². The van der Waals surface area contributed by atoms with Gasteiger partial charge in [0.15, 0.2) is 5.82 Å². The smallest absolute Gasteiger partial charge is 0.155 e. The highest BCUT2D eigenvalue weighted by atomic mass is 35.5. The van der Waals surface area contributed by atoms with Crippen LogP contribution in [-0.2, 0) is 0 Å². The summed E-state index contributed by atoms with van der Waals surface area (Å²) in [7, 11) is 0. The minimum absolute atomic E-state index is 0.367. The zero-order chi connectivity index (χ0) is 14.1. The third kappa shape index (κ3) is 2.63. The summed E-state index contributed by atoms with van der Waals surface area (Å²) >= 11 is 6.04. The predicted molar refractivity (Wildman–Crippen MR) is 79.3 cm³/mol. The minimum atomic E-state index is 0.367. The molecule has 5 nitrogen and oxygen atoms in total. The summed E-state index contributed by atoms with van der Waals surface area (Å²) in [5.41, 5.74) is 0.875. The zero-order valence-electron chi connectivity index (χ0n) is 11.7. The van der Waals surface area contributed by atoms with Crippen LogP contribution in [0.2, 0.25) is 5.02 Å². The lowest BCUT2D eigenvalue weighted by atomic mass is 9.97. The lowest BCUT2D eigenvalue weighted by molar-refractivity contribution is 0.489. The van der Waals surface area contributed by atoms with Crippen molar-refractivity contribution in [1.29, 1.82) is 0 Å². The molecule has 1 atom stereocenters. The number of aromatic nitrogens is 4. The molecule has 0 radical (unpaired) electrons. The molecule has 106 valence electrons. The molecule has 6 heteroatoms. The second-order valence-electron chi connectivity index (χ2n) is 5.30. The van der Waals surface area contributed by atoms with Gasteiger partial charge in [-0.15, -0.1) is 0 Å². The van der Waals surface area contributed by atoms with Crippen molar-refractivity contribution in [2.24, 2.45) is 0 Å². The van der Waals surface area contributed by atoms with Crippen LogP contribution in [-0.4, -0.2) is 33.3 Å². The van der Waals surface area contributed by atoms with E-state index in [2.05, 4.69) is 25.1 Å². The highest BCUT2D eigenvalue weighted by molar-refractivity contribution is 6.31. The average molecular weight is 292 g/mol. The van der Waals surface area contributed by atoms with Gasteiger partial charge in [-0.2, -0.15) is 5.10 Å². The Balaban J connectivity index is 1.79. The molecule has 2 aromatic heterocycles. The topological polar surface area (TPSA) is 57.7 Å². The van der Waals surface area contributed by atoms with Gasteiger partial charge in [-0.3, -0.25) is 5.10 Å².